The van der Waals surface area contributed by atoms with Gasteiger partial charge in [0.2, 0.25) is 0 Å². The second kappa shape index (κ2) is 6.63. The molecule has 1 atom stereocenters. The van der Waals surface area contributed by atoms with Crippen molar-refractivity contribution in [2.45, 2.75) is 13.0 Å². The maximum Gasteiger partial charge on any atom is 0.165 e. The Morgan fingerprint density at radius 3 is 2.43 bits per heavy atom. The van der Waals surface area contributed by atoms with Crippen molar-refractivity contribution in [3.8, 4) is 5.75 Å². The Balaban J connectivity index is 2.47. The molecule has 0 aliphatic rings. The van der Waals surface area contributed by atoms with Gasteiger partial charge in [-0.25, -0.2) is 13.2 Å². The zero-order valence-electron chi connectivity index (χ0n) is 11.8. The number of benzene rings is 2. The molecule has 0 saturated carbocycles. The van der Waals surface area contributed by atoms with E-state index in [1.165, 1.54) is 31.4 Å². The molecule has 112 valence electrons. The lowest BCUT2D eigenvalue weighted by Gasteiger charge is -2.20. The maximum absolute atomic E-state index is 14.0. The zero-order chi connectivity index (χ0) is 15.4. The van der Waals surface area contributed by atoms with Crippen molar-refractivity contribution in [1.29, 1.82) is 0 Å². The number of nitrogens with one attached hydrogen (secondary N) is 1. The molecule has 2 rings (SSSR count). The van der Waals surface area contributed by atoms with Gasteiger partial charge in [-0.15, -0.1) is 0 Å². The van der Waals surface area contributed by atoms with Gasteiger partial charge in [0.1, 0.15) is 11.6 Å². The summed E-state index contributed by atoms with van der Waals surface area (Å²) in [6.45, 7) is 2.44. The van der Waals surface area contributed by atoms with Crippen molar-refractivity contribution in [1.82, 2.24) is 5.32 Å². The Morgan fingerprint density at radius 1 is 1.05 bits per heavy atom. The largest absolute Gasteiger partial charge is 0.494 e. The van der Waals surface area contributed by atoms with Gasteiger partial charge in [-0.2, -0.15) is 0 Å². The first kappa shape index (κ1) is 15.4. The van der Waals surface area contributed by atoms with E-state index in [1.807, 2.05) is 6.92 Å². The fourth-order valence-electron chi connectivity index (χ4n) is 2.20. The summed E-state index contributed by atoms with van der Waals surface area (Å²) >= 11 is 0. The third kappa shape index (κ3) is 3.36. The molecule has 0 amide bonds. The molecule has 0 bridgehead atoms. The number of methoxy groups -OCH3 is 1. The van der Waals surface area contributed by atoms with Crippen molar-refractivity contribution >= 4 is 0 Å². The smallest absolute Gasteiger partial charge is 0.165 e. The predicted molar refractivity (Wildman–Crippen MR) is 74.8 cm³/mol. The Kier molecular flexibility index (Phi) is 4.85. The van der Waals surface area contributed by atoms with Crippen LogP contribution in [0.2, 0.25) is 0 Å². The van der Waals surface area contributed by atoms with E-state index in [2.05, 4.69) is 5.32 Å². The average Bonchev–Trinajstić information content (AvgIpc) is 2.46. The summed E-state index contributed by atoms with van der Waals surface area (Å²) in [5.74, 6) is -1.69. The lowest BCUT2D eigenvalue weighted by molar-refractivity contribution is 0.385. The second-order valence-electron chi connectivity index (χ2n) is 4.55. The van der Waals surface area contributed by atoms with Crippen LogP contribution < -0.4 is 10.1 Å². The van der Waals surface area contributed by atoms with Crippen LogP contribution in [0.15, 0.2) is 36.4 Å². The number of halogens is 3. The Bertz CT molecular complexity index is 631. The highest BCUT2D eigenvalue weighted by Gasteiger charge is 2.19. The van der Waals surface area contributed by atoms with Crippen LogP contribution in [0.4, 0.5) is 13.2 Å². The number of rotatable bonds is 5. The van der Waals surface area contributed by atoms with Gasteiger partial charge in [0.05, 0.1) is 13.2 Å². The van der Waals surface area contributed by atoms with E-state index in [9.17, 15) is 13.2 Å². The molecule has 2 aromatic carbocycles. The quantitative estimate of drug-likeness (QED) is 0.905. The maximum atomic E-state index is 14.0. The first-order chi connectivity index (χ1) is 10.1. The van der Waals surface area contributed by atoms with Crippen LogP contribution in [-0.2, 0) is 0 Å². The van der Waals surface area contributed by atoms with Gasteiger partial charge in [0.15, 0.2) is 11.6 Å². The van der Waals surface area contributed by atoms with Crippen molar-refractivity contribution in [2.24, 2.45) is 0 Å². The fourth-order valence-corrected chi connectivity index (χ4v) is 2.20. The van der Waals surface area contributed by atoms with Gasteiger partial charge in [-0.05, 0) is 30.3 Å². The van der Waals surface area contributed by atoms with E-state index < -0.39 is 23.5 Å². The minimum atomic E-state index is -0.649. The highest BCUT2D eigenvalue weighted by atomic mass is 19.1. The topological polar surface area (TPSA) is 21.3 Å². The molecule has 0 spiro atoms. The monoisotopic (exact) mass is 295 g/mol. The van der Waals surface area contributed by atoms with Crippen molar-refractivity contribution in [3.05, 3.63) is 65.0 Å². The zero-order valence-corrected chi connectivity index (χ0v) is 11.8. The molecule has 21 heavy (non-hydrogen) atoms. The molecule has 0 aliphatic carbocycles. The van der Waals surface area contributed by atoms with E-state index >= 15 is 0 Å². The molecule has 5 heteroatoms. The average molecular weight is 295 g/mol. The van der Waals surface area contributed by atoms with Gasteiger partial charge in [0.25, 0.3) is 0 Å². The van der Waals surface area contributed by atoms with Crippen LogP contribution in [0, 0.1) is 17.5 Å². The molecule has 0 fully saturated rings. The van der Waals surface area contributed by atoms with Gasteiger partial charge < -0.3 is 10.1 Å². The first-order valence-electron chi connectivity index (χ1n) is 6.58. The van der Waals surface area contributed by atoms with Crippen LogP contribution in [0.3, 0.4) is 0 Å². The molecule has 0 aromatic heterocycles. The van der Waals surface area contributed by atoms with Crippen LogP contribution in [0.1, 0.15) is 24.1 Å². The standard InChI is InChI=1S/C16H16F3NO/c1-3-20-16(12-6-5-11(17)9-14(12)19)10-4-7-13(18)15(8-10)21-2/h4-9,16,20H,3H2,1-2H3. The summed E-state index contributed by atoms with van der Waals surface area (Å²) in [5, 5.41) is 3.11. The Morgan fingerprint density at radius 2 is 1.81 bits per heavy atom. The van der Waals surface area contributed by atoms with Crippen LogP contribution in [-0.4, -0.2) is 13.7 Å². The molecule has 0 aliphatic heterocycles. The van der Waals surface area contributed by atoms with Gasteiger partial charge in [0, 0.05) is 11.6 Å². The summed E-state index contributed by atoms with van der Waals surface area (Å²) in [5.41, 5.74) is 0.938. The lowest BCUT2D eigenvalue weighted by atomic mass is 9.97. The van der Waals surface area contributed by atoms with Crippen molar-refractivity contribution in [3.63, 3.8) is 0 Å². The molecule has 1 N–H and O–H groups in total. The first-order valence-corrected chi connectivity index (χ1v) is 6.58. The minimum absolute atomic E-state index is 0.0814. The highest BCUT2D eigenvalue weighted by molar-refractivity contribution is 5.38. The predicted octanol–water partition coefficient (Wildman–Crippen LogP) is 3.81. The summed E-state index contributed by atoms with van der Waals surface area (Å²) < 4.78 is 45.5. The van der Waals surface area contributed by atoms with E-state index in [4.69, 9.17) is 4.74 Å². The fraction of sp³-hybridized carbons (Fsp3) is 0.250. The summed E-state index contributed by atoms with van der Waals surface area (Å²) in [4.78, 5) is 0. The van der Waals surface area contributed by atoms with Crippen molar-refractivity contribution < 1.29 is 17.9 Å². The highest BCUT2D eigenvalue weighted by Crippen LogP contribution is 2.28. The minimum Gasteiger partial charge on any atom is -0.494 e. The SMILES string of the molecule is CCNC(c1ccc(F)c(OC)c1)c1ccc(F)cc1F. The summed E-state index contributed by atoms with van der Waals surface area (Å²) in [7, 11) is 1.36. The molecule has 0 radical (unpaired) electrons. The van der Waals surface area contributed by atoms with E-state index in [1.54, 1.807) is 6.07 Å². The molecular weight excluding hydrogens is 279 g/mol. The number of hydrogen-bond acceptors (Lipinski definition) is 2. The molecule has 0 heterocycles. The Hall–Kier alpha value is -2.01. The van der Waals surface area contributed by atoms with Gasteiger partial charge >= 0.3 is 0 Å². The normalized spacial score (nSPS) is 12.2. The third-order valence-corrected chi connectivity index (χ3v) is 3.19. The molecular formula is C16H16F3NO. The molecule has 1 unspecified atom stereocenters. The number of ether oxygens (including phenoxy) is 1. The second-order valence-corrected chi connectivity index (χ2v) is 4.55. The summed E-state index contributed by atoms with van der Waals surface area (Å²) in [6.07, 6.45) is 0. The lowest BCUT2D eigenvalue weighted by Crippen LogP contribution is -2.23. The van der Waals surface area contributed by atoms with E-state index in [0.29, 0.717) is 17.7 Å². The molecule has 0 saturated heterocycles. The Labute approximate surface area is 121 Å². The van der Waals surface area contributed by atoms with E-state index in [-0.39, 0.29) is 5.75 Å². The third-order valence-electron chi connectivity index (χ3n) is 3.19. The van der Waals surface area contributed by atoms with Crippen LogP contribution in [0.25, 0.3) is 0 Å². The summed E-state index contributed by atoms with van der Waals surface area (Å²) in [6, 6.07) is 7.22. The van der Waals surface area contributed by atoms with Crippen LogP contribution >= 0.6 is 0 Å². The molecule has 2 nitrogen and oxygen atoms in total. The van der Waals surface area contributed by atoms with Crippen LogP contribution in [0.5, 0.6) is 5.75 Å². The van der Waals surface area contributed by atoms with Gasteiger partial charge in [-0.3, -0.25) is 0 Å². The molecule has 2 aromatic rings. The van der Waals surface area contributed by atoms with E-state index in [0.717, 1.165) is 6.07 Å². The number of hydrogen-bond donors (Lipinski definition) is 1. The van der Waals surface area contributed by atoms with Gasteiger partial charge in [-0.1, -0.05) is 19.1 Å². The van der Waals surface area contributed by atoms with Crippen molar-refractivity contribution in [2.75, 3.05) is 13.7 Å².